The van der Waals surface area contributed by atoms with Crippen molar-refractivity contribution in [2.24, 2.45) is 5.92 Å². The molecule has 2 aliphatic rings. The van der Waals surface area contributed by atoms with Crippen molar-refractivity contribution in [2.45, 2.75) is 26.7 Å². The van der Waals surface area contributed by atoms with E-state index in [0.29, 0.717) is 5.92 Å². The van der Waals surface area contributed by atoms with Crippen molar-refractivity contribution in [1.29, 1.82) is 0 Å². The first-order valence-electron chi connectivity index (χ1n) is 5.93. The van der Waals surface area contributed by atoms with Gasteiger partial charge in [0.1, 0.15) is 0 Å². The fourth-order valence-electron chi connectivity index (χ4n) is 2.54. The highest BCUT2D eigenvalue weighted by atomic mass is 14.9. The molecule has 2 atom stereocenters. The number of rotatable bonds is 0. The SMILES string of the molecule is CC.Cc1cc2c([nH]1)C=CC1CNCC21. The summed E-state index contributed by atoms with van der Waals surface area (Å²) in [6.07, 6.45) is 4.57. The molecule has 2 heteroatoms. The lowest BCUT2D eigenvalue weighted by molar-refractivity contribution is 0.628. The Balaban J connectivity index is 0.000000404. The van der Waals surface area contributed by atoms with Gasteiger partial charge in [0.05, 0.1) is 0 Å². The number of aromatic nitrogens is 1. The Kier molecular flexibility index (Phi) is 2.96. The summed E-state index contributed by atoms with van der Waals surface area (Å²) in [4.78, 5) is 3.39. The van der Waals surface area contributed by atoms with Crippen molar-refractivity contribution in [3.8, 4) is 0 Å². The second kappa shape index (κ2) is 4.23. The summed E-state index contributed by atoms with van der Waals surface area (Å²) in [5, 5.41) is 3.45. The topological polar surface area (TPSA) is 27.8 Å². The van der Waals surface area contributed by atoms with Crippen LogP contribution in [0.3, 0.4) is 0 Å². The first-order chi connectivity index (χ1) is 7.34. The maximum atomic E-state index is 3.45. The molecule has 82 valence electrons. The van der Waals surface area contributed by atoms with Gasteiger partial charge in [-0.2, -0.15) is 0 Å². The van der Waals surface area contributed by atoms with Gasteiger partial charge < -0.3 is 10.3 Å². The maximum absolute atomic E-state index is 3.45. The largest absolute Gasteiger partial charge is 0.359 e. The Morgan fingerprint density at radius 2 is 2.07 bits per heavy atom. The van der Waals surface area contributed by atoms with Gasteiger partial charge in [-0.05, 0) is 30.5 Å². The summed E-state index contributed by atoms with van der Waals surface area (Å²) in [6.45, 7) is 8.41. The minimum Gasteiger partial charge on any atom is -0.359 e. The van der Waals surface area contributed by atoms with Gasteiger partial charge in [0, 0.05) is 30.4 Å². The summed E-state index contributed by atoms with van der Waals surface area (Å²) in [5.74, 6) is 1.44. The van der Waals surface area contributed by atoms with Crippen molar-refractivity contribution >= 4 is 6.08 Å². The molecule has 2 unspecified atom stereocenters. The molecule has 0 saturated carbocycles. The third kappa shape index (κ3) is 1.74. The molecule has 1 aliphatic heterocycles. The minimum absolute atomic E-state index is 0.713. The first kappa shape index (κ1) is 10.5. The Morgan fingerprint density at radius 1 is 1.27 bits per heavy atom. The number of fused-ring (bicyclic) bond motifs is 3. The summed E-state index contributed by atoms with van der Waals surface area (Å²) in [6, 6.07) is 2.30. The maximum Gasteiger partial charge on any atom is 0.0415 e. The molecule has 15 heavy (non-hydrogen) atoms. The van der Waals surface area contributed by atoms with Crippen molar-refractivity contribution < 1.29 is 0 Å². The molecular formula is C13H20N2. The number of hydrogen-bond donors (Lipinski definition) is 2. The van der Waals surface area contributed by atoms with Crippen LogP contribution in [-0.4, -0.2) is 18.1 Å². The number of H-pyrrole nitrogens is 1. The van der Waals surface area contributed by atoms with Crippen molar-refractivity contribution in [2.75, 3.05) is 13.1 Å². The van der Waals surface area contributed by atoms with Crippen LogP contribution in [0.2, 0.25) is 0 Å². The number of aryl methyl sites for hydroxylation is 1. The van der Waals surface area contributed by atoms with E-state index >= 15 is 0 Å². The summed E-state index contributed by atoms with van der Waals surface area (Å²) < 4.78 is 0. The highest BCUT2D eigenvalue weighted by molar-refractivity contribution is 5.56. The molecule has 2 nitrogen and oxygen atoms in total. The molecular weight excluding hydrogens is 184 g/mol. The zero-order valence-electron chi connectivity index (χ0n) is 9.80. The highest BCUT2D eigenvalue weighted by Crippen LogP contribution is 2.36. The number of hydrogen-bond acceptors (Lipinski definition) is 1. The van der Waals surface area contributed by atoms with Crippen LogP contribution in [0.1, 0.15) is 36.7 Å². The molecule has 0 spiro atoms. The van der Waals surface area contributed by atoms with Gasteiger partial charge in [0.15, 0.2) is 0 Å². The summed E-state index contributed by atoms with van der Waals surface area (Å²) in [7, 11) is 0. The van der Waals surface area contributed by atoms with Crippen molar-refractivity contribution in [3.63, 3.8) is 0 Å². The predicted molar refractivity (Wildman–Crippen MR) is 65.0 cm³/mol. The predicted octanol–water partition coefficient (Wildman–Crippen LogP) is 2.68. The smallest absolute Gasteiger partial charge is 0.0415 e. The van der Waals surface area contributed by atoms with E-state index in [0.717, 1.165) is 19.0 Å². The minimum atomic E-state index is 0.713. The van der Waals surface area contributed by atoms with Gasteiger partial charge in [-0.3, -0.25) is 0 Å². The average molecular weight is 204 g/mol. The average Bonchev–Trinajstić information content (AvgIpc) is 2.84. The van der Waals surface area contributed by atoms with E-state index in [1.54, 1.807) is 0 Å². The van der Waals surface area contributed by atoms with Gasteiger partial charge in [0.2, 0.25) is 0 Å². The number of nitrogens with one attached hydrogen (secondary N) is 2. The molecule has 0 radical (unpaired) electrons. The lowest BCUT2D eigenvalue weighted by Gasteiger charge is -2.19. The van der Waals surface area contributed by atoms with Crippen LogP contribution in [0.25, 0.3) is 6.08 Å². The second-order valence-electron chi connectivity index (χ2n) is 4.11. The van der Waals surface area contributed by atoms with Gasteiger partial charge in [-0.1, -0.05) is 19.9 Å². The highest BCUT2D eigenvalue weighted by Gasteiger charge is 2.31. The van der Waals surface area contributed by atoms with Gasteiger partial charge >= 0.3 is 0 Å². The third-order valence-corrected chi connectivity index (χ3v) is 3.19. The van der Waals surface area contributed by atoms with E-state index in [1.165, 1.54) is 17.0 Å². The van der Waals surface area contributed by atoms with Gasteiger partial charge in [-0.15, -0.1) is 0 Å². The fraction of sp³-hybridized carbons (Fsp3) is 0.538. The Bertz CT molecular complexity index is 363. The van der Waals surface area contributed by atoms with Crippen molar-refractivity contribution in [1.82, 2.24) is 10.3 Å². The standard InChI is InChI=1S/C11H14N2.C2H6/c1-7-4-9-10-6-12-5-8(10)2-3-11(9)13-7;1-2/h2-4,8,10,12-13H,5-6H2,1H3;1-2H3. The second-order valence-corrected chi connectivity index (χ2v) is 4.11. The van der Waals surface area contributed by atoms with E-state index < -0.39 is 0 Å². The lowest BCUT2D eigenvalue weighted by atomic mass is 9.85. The molecule has 1 saturated heterocycles. The van der Waals surface area contributed by atoms with Crippen molar-refractivity contribution in [3.05, 3.63) is 29.1 Å². The van der Waals surface area contributed by atoms with E-state index in [2.05, 4.69) is 35.4 Å². The molecule has 1 aliphatic carbocycles. The van der Waals surface area contributed by atoms with E-state index in [1.807, 2.05) is 13.8 Å². The molecule has 0 amide bonds. The summed E-state index contributed by atoms with van der Waals surface area (Å²) >= 11 is 0. The molecule has 3 rings (SSSR count). The van der Waals surface area contributed by atoms with Crippen LogP contribution < -0.4 is 5.32 Å². The zero-order chi connectivity index (χ0) is 10.8. The molecule has 0 aromatic carbocycles. The zero-order valence-corrected chi connectivity index (χ0v) is 9.80. The molecule has 2 N–H and O–H groups in total. The van der Waals surface area contributed by atoms with Crippen LogP contribution in [0.15, 0.2) is 12.1 Å². The Hall–Kier alpha value is -1.02. The Morgan fingerprint density at radius 3 is 2.87 bits per heavy atom. The van der Waals surface area contributed by atoms with Crippen LogP contribution in [0, 0.1) is 12.8 Å². The summed E-state index contributed by atoms with van der Waals surface area (Å²) in [5.41, 5.74) is 4.11. The number of aromatic amines is 1. The quantitative estimate of drug-likeness (QED) is 0.668. The van der Waals surface area contributed by atoms with Crippen LogP contribution >= 0.6 is 0 Å². The molecule has 0 bridgehead atoms. The molecule has 1 aromatic heterocycles. The first-order valence-corrected chi connectivity index (χ1v) is 5.93. The van der Waals surface area contributed by atoms with Gasteiger partial charge in [0.25, 0.3) is 0 Å². The molecule has 1 fully saturated rings. The van der Waals surface area contributed by atoms with Crippen LogP contribution in [-0.2, 0) is 0 Å². The lowest BCUT2D eigenvalue weighted by Crippen LogP contribution is -2.11. The van der Waals surface area contributed by atoms with Crippen LogP contribution in [0.4, 0.5) is 0 Å². The van der Waals surface area contributed by atoms with E-state index in [9.17, 15) is 0 Å². The van der Waals surface area contributed by atoms with Crippen LogP contribution in [0.5, 0.6) is 0 Å². The normalized spacial score (nSPS) is 26.6. The molecule has 2 heterocycles. The molecule has 1 aromatic rings. The Labute approximate surface area is 91.8 Å². The third-order valence-electron chi connectivity index (χ3n) is 3.19. The van der Waals surface area contributed by atoms with Gasteiger partial charge in [-0.25, -0.2) is 0 Å². The monoisotopic (exact) mass is 204 g/mol. The fourth-order valence-corrected chi connectivity index (χ4v) is 2.54. The van der Waals surface area contributed by atoms with E-state index in [4.69, 9.17) is 0 Å². The van der Waals surface area contributed by atoms with E-state index in [-0.39, 0.29) is 0 Å².